The molecule has 0 bridgehead atoms. The Morgan fingerprint density at radius 2 is 1.89 bits per heavy atom. The number of unbranched alkanes of at least 4 members (excludes halogenated alkanes) is 1. The number of carbonyl (C=O) groups is 1. The highest BCUT2D eigenvalue weighted by Crippen LogP contribution is 2.17. The van der Waals surface area contributed by atoms with E-state index >= 15 is 0 Å². The molecule has 0 rings (SSSR count). The zero-order chi connectivity index (χ0) is 14.6. The van der Waals surface area contributed by atoms with Crippen LogP contribution in [0.5, 0.6) is 0 Å². The summed E-state index contributed by atoms with van der Waals surface area (Å²) in [4.78, 5) is 11.8. The molecule has 0 aromatic carbocycles. The highest BCUT2D eigenvalue weighted by Gasteiger charge is 2.32. The standard InChI is InChI=1S/C14H29NO3S/c1-5-15-14(2,13(16)18-4)9-6-7-11-19-12-8-10-17-3/h15H,5-12H2,1-4H3. The summed E-state index contributed by atoms with van der Waals surface area (Å²) in [5.41, 5.74) is -0.537. The van der Waals surface area contributed by atoms with Crippen LogP contribution in [-0.2, 0) is 14.3 Å². The Morgan fingerprint density at radius 3 is 2.47 bits per heavy atom. The van der Waals surface area contributed by atoms with Crippen molar-refractivity contribution in [2.45, 2.75) is 45.1 Å². The van der Waals surface area contributed by atoms with Crippen molar-refractivity contribution in [3.05, 3.63) is 0 Å². The molecule has 1 atom stereocenters. The van der Waals surface area contributed by atoms with Crippen molar-refractivity contribution in [1.82, 2.24) is 5.32 Å². The molecule has 0 aliphatic heterocycles. The predicted molar refractivity (Wildman–Crippen MR) is 81.8 cm³/mol. The van der Waals surface area contributed by atoms with Crippen LogP contribution in [0.15, 0.2) is 0 Å². The van der Waals surface area contributed by atoms with E-state index in [4.69, 9.17) is 9.47 Å². The van der Waals surface area contributed by atoms with Crippen molar-refractivity contribution >= 4 is 17.7 Å². The van der Waals surface area contributed by atoms with E-state index in [-0.39, 0.29) is 5.97 Å². The summed E-state index contributed by atoms with van der Waals surface area (Å²) in [7, 11) is 3.18. The molecular formula is C14H29NO3S. The molecule has 0 aromatic rings. The lowest BCUT2D eigenvalue weighted by atomic mass is 9.95. The average Bonchev–Trinajstić information content (AvgIpc) is 2.41. The Bertz CT molecular complexity index is 239. The molecule has 0 amide bonds. The van der Waals surface area contributed by atoms with Crippen molar-refractivity contribution in [2.24, 2.45) is 0 Å². The molecule has 0 radical (unpaired) electrons. The molecule has 0 aliphatic carbocycles. The zero-order valence-electron chi connectivity index (χ0n) is 12.8. The first-order chi connectivity index (χ1) is 9.10. The molecule has 4 nitrogen and oxygen atoms in total. The molecule has 1 N–H and O–H groups in total. The summed E-state index contributed by atoms with van der Waals surface area (Å²) in [6.45, 7) is 5.55. The number of hydrogen-bond donors (Lipinski definition) is 1. The van der Waals surface area contributed by atoms with Gasteiger partial charge >= 0.3 is 5.97 Å². The lowest BCUT2D eigenvalue weighted by Gasteiger charge is -2.27. The van der Waals surface area contributed by atoms with E-state index in [9.17, 15) is 4.79 Å². The largest absolute Gasteiger partial charge is 0.468 e. The molecule has 0 aromatic heterocycles. The number of hydrogen-bond acceptors (Lipinski definition) is 5. The molecule has 0 heterocycles. The highest BCUT2D eigenvalue weighted by molar-refractivity contribution is 7.99. The molecule has 0 saturated heterocycles. The minimum Gasteiger partial charge on any atom is -0.468 e. The van der Waals surface area contributed by atoms with Crippen molar-refractivity contribution in [3.8, 4) is 0 Å². The summed E-state index contributed by atoms with van der Waals surface area (Å²) < 4.78 is 9.88. The van der Waals surface area contributed by atoms with Crippen LogP contribution in [0.4, 0.5) is 0 Å². The number of methoxy groups -OCH3 is 2. The van der Waals surface area contributed by atoms with E-state index in [1.54, 1.807) is 7.11 Å². The molecule has 5 heteroatoms. The van der Waals surface area contributed by atoms with Crippen LogP contribution in [0, 0.1) is 0 Å². The highest BCUT2D eigenvalue weighted by atomic mass is 32.2. The van der Waals surface area contributed by atoms with Crippen LogP contribution in [-0.4, -0.2) is 50.4 Å². The third-order valence-electron chi connectivity index (χ3n) is 3.06. The molecule has 0 aliphatic rings. The van der Waals surface area contributed by atoms with E-state index in [1.807, 2.05) is 25.6 Å². The lowest BCUT2D eigenvalue weighted by molar-refractivity contribution is -0.148. The molecule has 0 fully saturated rings. The average molecular weight is 291 g/mol. The Morgan fingerprint density at radius 1 is 1.21 bits per heavy atom. The van der Waals surface area contributed by atoms with E-state index in [1.165, 1.54) is 7.11 Å². The van der Waals surface area contributed by atoms with Gasteiger partial charge in [-0.05, 0) is 44.2 Å². The van der Waals surface area contributed by atoms with Gasteiger partial charge in [-0.25, -0.2) is 0 Å². The molecule has 114 valence electrons. The van der Waals surface area contributed by atoms with Gasteiger partial charge in [0.05, 0.1) is 7.11 Å². The summed E-state index contributed by atoms with van der Waals surface area (Å²) >= 11 is 1.95. The van der Waals surface area contributed by atoms with Crippen LogP contribution >= 0.6 is 11.8 Å². The Hall–Kier alpha value is -0.260. The third kappa shape index (κ3) is 8.50. The summed E-state index contributed by atoms with van der Waals surface area (Å²) in [5, 5.41) is 3.23. The molecule has 0 saturated carbocycles. The van der Waals surface area contributed by atoms with E-state index in [0.717, 1.165) is 50.3 Å². The van der Waals surface area contributed by atoms with Gasteiger partial charge in [0.15, 0.2) is 0 Å². The third-order valence-corrected chi connectivity index (χ3v) is 4.21. The summed E-state index contributed by atoms with van der Waals surface area (Å²) in [6, 6.07) is 0. The fourth-order valence-corrected chi connectivity index (χ4v) is 2.90. The number of likely N-dealkylation sites (N-methyl/N-ethyl adjacent to an activating group) is 1. The van der Waals surface area contributed by atoms with Gasteiger partial charge in [-0.1, -0.05) is 13.3 Å². The number of carbonyl (C=O) groups excluding carboxylic acids is 1. The maximum Gasteiger partial charge on any atom is 0.325 e. The lowest BCUT2D eigenvalue weighted by Crippen LogP contribution is -2.50. The second-order valence-electron chi connectivity index (χ2n) is 4.77. The van der Waals surface area contributed by atoms with Gasteiger partial charge < -0.3 is 14.8 Å². The first-order valence-electron chi connectivity index (χ1n) is 7.00. The van der Waals surface area contributed by atoms with Crippen molar-refractivity contribution < 1.29 is 14.3 Å². The number of nitrogens with one attached hydrogen (secondary N) is 1. The summed E-state index contributed by atoms with van der Waals surface area (Å²) in [5.74, 6) is 2.13. The number of rotatable bonds is 12. The monoisotopic (exact) mass is 291 g/mol. The van der Waals surface area contributed by atoms with E-state index in [0.29, 0.717) is 0 Å². The molecule has 1 unspecified atom stereocenters. The Kier molecular flexibility index (Phi) is 11.4. The van der Waals surface area contributed by atoms with Crippen LogP contribution < -0.4 is 5.32 Å². The van der Waals surface area contributed by atoms with Gasteiger partial charge in [-0.3, -0.25) is 4.79 Å². The number of thioether (sulfide) groups is 1. The SMILES string of the molecule is CCNC(C)(CCCCSCCCOC)C(=O)OC. The minimum absolute atomic E-state index is 0.165. The van der Waals surface area contributed by atoms with Crippen molar-refractivity contribution in [3.63, 3.8) is 0 Å². The van der Waals surface area contributed by atoms with Crippen LogP contribution in [0.2, 0.25) is 0 Å². The smallest absolute Gasteiger partial charge is 0.325 e. The quantitative estimate of drug-likeness (QED) is 0.442. The van der Waals surface area contributed by atoms with E-state index < -0.39 is 5.54 Å². The van der Waals surface area contributed by atoms with Crippen LogP contribution in [0.25, 0.3) is 0 Å². The van der Waals surface area contributed by atoms with Crippen LogP contribution in [0.3, 0.4) is 0 Å². The predicted octanol–water partition coefficient (Wildman–Crippen LogP) is 2.47. The number of ether oxygens (including phenoxy) is 2. The second kappa shape index (κ2) is 11.6. The van der Waals surface area contributed by atoms with Crippen molar-refractivity contribution in [1.29, 1.82) is 0 Å². The number of esters is 1. The maximum atomic E-state index is 11.8. The summed E-state index contributed by atoms with van der Waals surface area (Å²) in [6.07, 6.45) is 4.11. The first-order valence-corrected chi connectivity index (χ1v) is 8.16. The van der Waals surface area contributed by atoms with Gasteiger partial charge in [0, 0.05) is 13.7 Å². The molecule has 0 spiro atoms. The second-order valence-corrected chi connectivity index (χ2v) is 5.99. The molecule has 19 heavy (non-hydrogen) atoms. The zero-order valence-corrected chi connectivity index (χ0v) is 13.6. The van der Waals surface area contributed by atoms with Gasteiger partial charge in [0.2, 0.25) is 0 Å². The normalized spacial score (nSPS) is 14.1. The topological polar surface area (TPSA) is 47.6 Å². The van der Waals surface area contributed by atoms with Gasteiger partial charge in [-0.2, -0.15) is 11.8 Å². The van der Waals surface area contributed by atoms with Gasteiger partial charge in [0.25, 0.3) is 0 Å². The maximum absolute atomic E-state index is 11.8. The fraction of sp³-hybridized carbons (Fsp3) is 0.929. The Balaban J connectivity index is 3.73. The van der Waals surface area contributed by atoms with Crippen LogP contribution in [0.1, 0.15) is 39.5 Å². The van der Waals surface area contributed by atoms with E-state index in [2.05, 4.69) is 5.32 Å². The minimum atomic E-state index is -0.537. The van der Waals surface area contributed by atoms with Gasteiger partial charge in [-0.15, -0.1) is 0 Å². The van der Waals surface area contributed by atoms with Gasteiger partial charge in [0.1, 0.15) is 5.54 Å². The molecular weight excluding hydrogens is 262 g/mol. The fourth-order valence-electron chi connectivity index (χ4n) is 1.97. The van der Waals surface area contributed by atoms with Crippen molar-refractivity contribution in [2.75, 3.05) is 38.9 Å². The first kappa shape index (κ1) is 18.7. The Labute approximate surface area is 122 Å².